The van der Waals surface area contributed by atoms with Crippen LogP contribution in [0.4, 0.5) is 0 Å². The van der Waals surface area contributed by atoms with E-state index in [2.05, 4.69) is 10.6 Å². The number of para-hydroxylation sites is 1. The summed E-state index contributed by atoms with van der Waals surface area (Å²) in [4.78, 5) is 27.3. The second-order valence-electron chi connectivity index (χ2n) is 10.3. The number of carbonyl (C=O) groups excluding carboxylic acids is 2. The van der Waals surface area contributed by atoms with E-state index in [0.29, 0.717) is 40.1 Å². The molecule has 2 N–H and O–H groups in total. The molecule has 1 aromatic heterocycles. The summed E-state index contributed by atoms with van der Waals surface area (Å²) in [6.45, 7) is 0.211. The van der Waals surface area contributed by atoms with E-state index in [9.17, 15) is 18.0 Å². The zero-order valence-corrected chi connectivity index (χ0v) is 28.1. The van der Waals surface area contributed by atoms with Crippen molar-refractivity contribution in [2.75, 3.05) is 56.2 Å². The van der Waals surface area contributed by atoms with Gasteiger partial charge in [-0.05, 0) is 48.4 Å². The first-order chi connectivity index (χ1) is 22.5. The second kappa shape index (κ2) is 14.9. The summed E-state index contributed by atoms with van der Waals surface area (Å²) in [6, 6.07) is 15.2. The molecule has 13 nitrogen and oxygen atoms in total. The number of rotatable bonds is 14. The zero-order chi connectivity index (χ0) is 34.3. The highest BCUT2D eigenvalue weighted by molar-refractivity contribution is 7.87. The van der Waals surface area contributed by atoms with Gasteiger partial charge in [0, 0.05) is 43.4 Å². The SMILES string of the molecule is COc1ccc(CCNC(=O)C(=Cc2cn(S(=O)(=O)N(C)C)c3ccccc23)NC(=O)c2cc(OC)c(OC)c(OC)c2)cc1OC. The number of carbonyl (C=O) groups is 2. The smallest absolute Gasteiger partial charge is 0.307 e. The molecule has 14 heteroatoms. The van der Waals surface area contributed by atoms with Crippen molar-refractivity contribution in [3.05, 3.63) is 83.2 Å². The number of nitrogens with one attached hydrogen (secondary N) is 2. The summed E-state index contributed by atoms with van der Waals surface area (Å²) in [7, 11) is 6.32. The molecule has 47 heavy (non-hydrogen) atoms. The van der Waals surface area contributed by atoms with E-state index in [-0.39, 0.29) is 29.3 Å². The fraction of sp³-hybridized carbons (Fsp3) is 0.273. The van der Waals surface area contributed by atoms with Gasteiger partial charge in [-0.1, -0.05) is 24.3 Å². The number of hydrogen-bond acceptors (Lipinski definition) is 9. The van der Waals surface area contributed by atoms with E-state index in [0.717, 1.165) is 13.8 Å². The maximum atomic E-state index is 13.7. The summed E-state index contributed by atoms with van der Waals surface area (Å²) in [5.74, 6) is 0.686. The van der Waals surface area contributed by atoms with Crippen molar-refractivity contribution in [1.82, 2.24) is 18.9 Å². The lowest BCUT2D eigenvalue weighted by Gasteiger charge is -2.15. The van der Waals surface area contributed by atoms with Crippen molar-refractivity contribution < 1.29 is 41.7 Å². The number of nitrogens with zero attached hydrogens (tertiary/aromatic N) is 2. The molecule has 3 aromatic carbocycles. The predicted octanol–water partition coefficient (Wildman–Crippen LogP) is 3.47. The standard InChI is InChI=1S/C33H38N4O9S/c1-36(2)47(40,41)37-20-23(24-10-8-9-11-26(24)37)17-25(33(39)34-15-14-21-12-13-27(42-3)28(16-21)43-4)35-32(38)22-18-29(44-5)31(46-7)30(19-22)45-6/h8-13,16-20H,14-15H2,1-7H3,(H,34,39)(H,35,38). The van der Waals surface area contributed by atoms with Crippen LogP contribution >= 0.6 is 0 Å². The molecule has 1 heterocycles. The van der Waals surface area contributed by atoms with E-state index >= 15 is 0 Å². The van der Waals surface area contributed by atoms with E-state index in [1.165, 1.54) is 66.9 Å². The fourth-order valence-corrected chi connectivity index (χ4v) is 5.84. The van der Waals surface area contributed by atoms with Gasteiger partial charge in [0.05, 0.1) is 41.1 Å². The molecule has 0 aliphatic carbocycles. The summed E-state index contributed by atoms with van der Waals surface area (Å²) in [6.07, 6.45) is 3.29. The first-order valence-electron chi connectivity index (χ1n) is 14.3. The lowest BCUT2D eigenvalue weighted by Crippen LogP contribution is -2.35. The van der Waals surface area contributed by atoms with Gasteiger partial charge in [0.15, 0.2) is 23.0 Å². The molecule has 0 aliphatic heterocycles. The maximum absolute atomic E-state index is 13.7. The van der Waals surface area contributed by atoms with Crippen molar-refractivity contribution >= 4 is 39.0 Å². The van der Waals surface area contributed by atoms with Gasteiger partial charge in [-0.25, -0.2) is 3.97 Å². The van der Waals surface area contributed by atoms with Gasteiger partial charge in [-0.3, -0.25) is 9.59 Å². The minimum absolute atomic E-state index is 0.124. The van der Waals surface area contributed by atoms with Crippen LogP contribution in [0.25, 0.3) is 17.0 Å². The Morgan fingerprint density at radius 2 is 1.47 bits per heavy atom. The Labute approximate surface area is 273 Å². The molecular formula is C33H38N4O9S. The summed E-state index contributed by atoms with van der Waals surface area (Å²) in [5, 5.41) is 6.09. The topological polar surface area (TPSA) is 147 Å². The quantitative estimate of drug-likeness (QED) is 0.193. The Morgan fingerprint density at radius 3 is 2.06 bits per heavy atom. The number of fused-ring (bicyclic) bond motifs is 1. The molecule has 0 radical (unpaired) electrons. The van der Waals surface area contributed by atoms with Crippen LogP contribution in [0, 0.1) is 0 Å². The Morgan fingerprint density at radius 1 is 0.830 bits per heavy atom. The molecule has 0 spiro atoms. The van der Waals surface area contributed by atoms with Gasteiger partial charge in [0.25, 0.3) is 11.8 Å². The van der Waals surface area contributed by atoms with Gasteiger partial charge in [0.1, 0.15) is 5.70 Å². The number of benzene rings is 3. The van der Waals surface area contributed by atoms with Gasteiger partial charge in [-0.2, -0.15) is 12.7 Å². The first kappa shape index (κ1) is 34.7. The number of ether oxygens (including phenoxy) is 5. The van der Waals surface area contributed by atoms with Gasteiger partial charge in [-0.15, -0.1) is 0 Å². The van der Waals surface area contributed by atoms with Crippen molar-refractivity contribution in [1.29, 1.82) is 0 Å². The van der Waals surface area contributed by atoms with E-state index in [4.69, 9.17) is 23.7 Å². The minimum Gasteiger partial charge on any atom is -0.493 e. The molecule has 2 amide bonds. The third-order valence-corrected chi connectivity index (χ3v) is 9.01. The number of methoxy groups -OCH3 is 5. The van der Waals surface area contributed by atoms with Crippen molar-refractivity contribution in [2.45, 2.75) is 6.42 Å². The van der Waals surface area contributed by atoms with Gasteiger partial charge >= 0.3 is 10.2 Å². The Bertz CT molecular complexity index is 1890. The van der Waals surface area contributed by atoms with Crippen LogP contribution < -0.4 is 34.3 Å². The molecular weight excluding hydrogens is 628 g/mol. The molecule has 4 aromatic rings. The first-order valence-corrected chi connectivity index (χ1v) is 15.7. The number of hydrogen-bond donors (Lipinski definition) is 2. The maximum Gasteiger partial charge on any atom is 0.307 e. The second-order valence-corrected chi connectivity index (χ2v) is 12.3. The van der Waals surface area contributed by atoms with Crippen molar-refractivity contribution in [3.63, 3.8) is 0 Å². The summed E-state index contributed by atoms with van der Waals surface area (Å²) >= 11 is 0. The van der Waals surface area contributed by atoms with Crippen molar-refractivity contribution in [3.8, 4) is 28.7 Å². The average molecular weight is 667 g/mol. The van der Waals surface area contributed by atoms with Gasteiger partial charge < -0.3 is 34.3 Å². The van der Waals surface area contributed by atoms with Crippen LogP contribution in [0.3, 0.4) is 0 Å². The monoisotopic (exact) mass is 666 g/mol. The number of amides is 2. The van der Waals surface area contributed by atoms with Crippen LogP contribution in [0.5, 0.6) is 28.7 Å². The highest BCUT2D eigenvalue weighted by Crippen LogP contribution is 2.38. The number of aromatic nitrogens is 1. The van der Waals surface area contributed by atoms with E-state index in [1.807, 2.05) is 12.1 Å². The van der Waals surface area contributed by atoms with E-state index in [1.54, 1.807) is 37.4 Å². The van der Waals surface area contributed by atoms with Crippen LogP contribution in [-0.4, -0.2) is 84.7 Å². The molecule has 0 saturated heterocycles. The molecule has 0 atom stereocenters. The molecule has 0 saturated carbocycles. The summed E-state index contributed by atoms with van der Waals surface area (Å²) < 4.78 is 55.3. The summed E-state index contributed by atoms with van der Waals surface area (Å²) in [5.41, 5.74) is 1.67. The van der Waals surface area contributed by atoms with E-state index < -0.39 is 22.0 Å². The molecule has 0 fully saturated rings. The lowest BCUT2D eigenvalue weighted by molar-refractivity contribution is -0.117. The van der Waals surface area contributed by atoms with Crippen LogP contribution in [0.1, 0.15) is 21.5 Å². The van der Waals surface area contributed by atoms with Crippen molar-refractivity contribution in [2.24, 2.45) is 0 Å². The third kappa shape index (κ3) is 7.45. The average Bonchev–Trinajstić information content (AvgIpc) is 3.45. The molecule has 250 valence electrons. The largest absolute Gasteiger partial charge is 0.493 e. The van der Waals surface area contributed by atoms with Gasteiger partial charge in [0.2, 0.25) is 5.75 Å². The Kier molecular flexibility index (Phi) is 11.0. The molecule has 0 bridgehead atoms. The van der Waals surface area contributed by atoms with Crippen LogP contribution in [0.2, 0.25) is 0 Å². The Hall–Kier alpha value is -5.21. The molecule has 0 unspecified atom stereocenters. The predicted molar refractivity (Wildman–Crippen MR) is 178 cm³/mol. The lowest BCUT2D eigenvalue weighted by atomic mass is 10.1. The third-order valence-electron chi connectivity index (χ3n) is 7.29. The highest BCUT2D eigenvalue weighted by Gasteiger charge is 2.23. The Balaban J connectivity index is 1.73. The zero-order valence-electron chi connectivity index (χ0n) is 27.2. The van der Waals surface area contributed by atoms with Crippen LogP contribution in [0.15, 0.2) is 66.5 Å². The minimum atomic E-state index is -3.91. The highest BCUT2D eigenvalue weighted by atomic mass is 32.2. The molecule has 0 aliphatic rings. The fourth-order valence-electron chi connectivity index (χ4n) is 4.83. The molecule has 4 rings (SSSR count). The normalized spacial score (nSPS) is 11.7. The van der Waals surface area contributed by atoms with Crippen LogP contribution in [-0.2, 0) is 21.4 Å².